The van der Waals surface area contributed by atoms with Crippen molar-refractivity contribution in [2.24, 2.45) is 0 Å². The fourth-order valence-electron chi connectivity index (χ4n) is 1.66. The van der Waals surface area contributed by atoms with E-state index in [4.69, 9.17) is 10.2 Å². The number of aromatic nitrogens is 1. The monoisotopic (exact) mass is 233 g/mol. The molecule has 0 spiro atoms. The highest BCUT2D eigenvalue weighted by molar-refractivity contribution is 5.93. The molecular formula is C12H15N3O2. The predicted molar refractivity (Wildman–Crippen MR) is 64.4 cm³/mol. The first kappa shape index (κ1) is 11.3. The van der Waals surface area contributed by atoms with Crippen LogP contribution in [0.25, 0.3) is 0 Å². The molecule has 0 aliphatic heterocycles. The molecule has 5 nitrogen and oxygen atoms in total. The smallest absolute Gasteiger partial charge is 0.268 e. The lowest BCUT2D eigenvalue weighted by Crippen LogP contribution is -2.25. The van der Waals surface area contributed by atoms with Crippen LogP contribution in [-0.2, 0) is 13.1 Å². The summed E-state index contributed by atoms with van der Waals surface area (Å²) < 4.78 is 6.95. The standard InChI is InChI=1S/C12H15N3O2/c1-2-15-8-9(13)6-11(15)12(16)14-7-10-4-3-5-17-10/h3-6,8H,2,7,13H2,1H3,(H,14,16). The predicted octanol–water partition coefficient (Wildman–Crippen LogP) is 1.61. The molecule has 0 bridgehead atoms. The van der Waals surface area contributed by atoms with E-state index in [1.54, 1.807) is 24.6 Å². The van der Waals surface area contributed by atoms with Crippen molar-refractivity contribution in [2.75, 3.05) is 5.73 Å². The van der Waals surface area contributed by atoms with Gasteiger partial charge in [0.05, 0.1) is 18.5 Å². The zero-order valence-electron chi connectivity index (χ0n) is 9.64. The van der Waals surface area contributed by atoms with Crippen LogP contribution in [0.1, 0.15) is 23.2 Å². The first-order valence-electron chi connectivity index (χ1n) is 5.47. The fraction of sp³-hybridized carbons (Fsp3) is 0.250. The molecule has 0 aliphatic rings. The van der Waals surface area contributed by atoms with Crippen LogP contribution in [0.15, 0.2) is 35.1 Å². The summed E-state index contributed by atoms with van der Waals surface area (Å²) in [5, 5.41) is 2.78. The number of nitrogen functional groups attached to an aromatic ring is 1. The summed E-state index contributed by atoms with van der Waals surface area (Å²) in [4.78, 5) is 11.9. The Kier molecular flexibility index (Phi) is 3.18. The molecule has 2 heterocycles. The quantitative estimate of drug-likeness (QED) is 0.842. The van der Waals surface area contributed by atoms with Gasteiger partial charge in [-0.25, -0.2) is 0 Å². The number of nitrogens with two attached hydrogens (primary N) is 1. The normalized spacial score (nSPS) is 10.4. The third-order valence-electron chi connectivity index (χ3n) is 2.49. The Morgan fingerprint density at radius 1 is 1.59 bits per heavy atom. The number of hydrogen-bond acceptors (Lipinski definition) is 3. The van der Waals surface area contributed by atoms with Gasteiger partial charge in [0, 0.05) is 12.7 Å². The summed E-state index contributed by atoms with van der Waals surface area (Å²) in [7, 11) is 0. The van der Waals surface area contributed by atoms with Gasteiger partial charge in [0.15, 0.2) is 0 Å². The number of aryl methyl sites for hydroxylation is 1. The van der Waals surface area contributed by atoms with Crippen LogP contribution in [0.5, 0.6) is 0 Å². The van der Waals surface area contributed by atoms with E-state index in [1.165, 1.54) is 0 Å². The van der Waals surface area contributed by atoms with E-state index in [-0.39, 0.29) is 5.91 Å². The van der Waals surface area contributed by atoms with Crippen LogP contribution in [0.3, 0.4) is 0 Å². The van der Waals surface area contributed by atoms with Crippen LogP contribution in [0.2, 0.25) is 0 Å². The Balaban J connectivity index is 2.04. The highest BCUT2D eigenvalue weighted by Gasteiger charge is 2.11. The molecule has 2 aromatic rings. The van der Waals surface area contributed by atoms with Crippen LogP contribution in [-0.4, -0.2) is 10.5 Å². The highest BCUT2D eigenvalue weighted by Crippen LogP contribution is 2.10. The first-order chi connectivity index (χ1) is 8.20. The highest BCUT2D eigenvalue weighted by atomic mass is 16.3. The topological polar surface area (TPSA) is 73.2 Å². The van der Waals surface area contributed by atoms with E-state index in [9.17, 15) is 4.79 Å². The summed E-state index contributed by atoms with van der Waals surface area (Å²) in [6.07, 6.45) is 3.33. The second-order valence-electron chi connectivity index (χ2n) is 3.71. The van der Waals surface area contributed by atoms with Gasteiger partial charge in [-0.15, -0.1) is 0 Å². The van der Waals surface area contributed by atoms with Gasteiger partial charge >= 0.3 is 0 Å². The van der Waals surface area contributed by atoms with Crippen LogP contribution in [0, 0.1) is 0 Å². The SMILES string of the molecule is CCn1cc(N)cc1C(=O)NCc1ccco1. The lowest BCUT2D eigenvalue weighted by molar-refractivity contribution is 0.0939. The molecule has 3 N–H and O–H groups in total. The van der Waals surface area contributed by atoms with Gasteiger partial charge in [-0.3, -0.25) is 4.79 Å². The summed E-state index contributed by atoms with van der Waals surface area (Å²) >= 11 is 0. The van der Waals surface area contributed by atoms with Crippen molar-refractivity contribution in [3.05, 3.63) is 42.1 Å². The number of amides is 1. The fourth-order valence-corrected chi connectivity index (χ4v) is 1.66. The molecule has 0 aromatic carbocycles. The van der Waals surface area contributed by atoms with Crippen molar-refractivity contribution in [1.29, 1.82) is 0 Å². The molecular weight excluding hydrogens is 218 g/mol. The van der Waals surface area contributed by atoms with Crippen molar-refractivity contribution in [1.82, 2.24) is 9.88 Å². The van der Waals surface area contributed by atoms with E-state index in [1.807, 2.05) is 17.6 Å². The molecule has 0 unspecified atom stereocenters. The van der Waals surface area contributed by atoms with Gasteiger partial charge in [-0.2, -0.15) is 0 Å². The number of nitrogens with one attached hydrogen (secondary N) is 1. The van der Waals surface area contributed by atoms with Crippen molar-refractivity contribution in [2.45, 2.75) is 20.0 Å². The minimum Gasteiger partial charge on any atom is -0.467 e. The maximum Gasteiger partial charge on any atom is 0.268 e. The van der Waals surface area contributed by atoms with Crippen molar-refractivity contribution >= 4 is 11.6 Å². The maximum atomic E-state index is 11.9. The van der Waals surface area contributed by atoms with E-state index in [0.29, 0.717) is 24.5 Å². The first-order valence-corrected chi connectivity index (χ1v) is 5.47. The van der Waals surface area contributed by atoms with E-state index >= 15 is 0 Å². The molecule has 90 valence electrons. The van der Waals surface area contributed by atoms with Crippen molar-refractivity contribution in [3.63, 3.8) is 0 Å². The number of carbonyl (C=O) groups is 1. The Morgan fingerprint density at radius 2 is 2.41 bits per heavy atom. The van der Waals surface area contributed by atoms with Crippen molar-refractivity contribution in [3.8, 4) is 0 Å². The number of carbonyl (C=O) groups excluding carboxylic acids is 1. The molecule has 5 heteroatoms. The lowest BCUT2D eigenvalue weighted by Gasteiger charge is -2.06. The molecule has 0 atom stereocenters. The van der Waals surface area contributed by atoms with Crippen LogP contribution in [0.4, 0.5) is 5.69 Å². The third-order valence-corrected chi connectivity index (χ3v) is 2.49. The van der Waals surface area contributed by atoms with Crippen LogP contribution >= 0.6 is 0 Å². The van der Waals surface area contributed by atoms with Gasteiger partial charge in [-0.05, 0) is 25.1 Å². The largest absolute Gasteiger partial charge is 0.467 e. The second-order valence-corrected chi connectivity index (χ2v) is 3.71. The molecule has 0 saturated carbocycles. The third kappa shape index (κ3) is 2.50. The van der Waals surface area contributed by atoms with Gasteiger partial charge in [-0.1, -0.05) is 0 Å². The zero-order chi connectivity index (χ0) is 12.3. The average molecular weight is 233 g/mol. The minimum absolute atomic E-state index is 0.153. The number of anilines is 1. The van der Waals surface area contributed by atoms with E-state index in [0.717, 1.165) is 5.76 Å². The van der Waals surface area contributed by atoms with Crippen molar-refractivity contribution < 1.29 is 9.21 Å². The average Bonchev–Trinajstić information content (AvgIpc) is 2.94. The summed E-state index contributed by atoms with van der Waals surface area (Å²) in [6, 6.07) is 5.27. The molecule has 0 fully saturated rings. The molecule has 2 rings (SSSR count). The Bertz CT molecular complexity index is 500. The number of hydrogen-bond donors (Lipinski definition) is 2. The second kappa shape index (κ2) is 4.78. The van der Waals surface area contributed by atoms with Crippen LogP contribution < -0.4 is 11.1 Å². The maximum absolute atomic E-state index is 11.9. The molecule has 0 radical (unpaired) electrons. The summed E-state index contributed by atoms with van der Waals surface area (Å²) in [5.74, 6) is 0.570. The van der Waals surface area contributed by atoms with Gasteiger partial charge in [0.2, 0.25) is 0 Å². The molecule has 0 aliphatic carbocycles. The Hall–Kier alpha value is -2.17. The number of nitrogens with zero attached hydrogens (tertiary/aromatic N) is 1. The molecule has 2 aromatic heterocycles. The lowest BCUT2D eigenvalue weighted by atomic mass is 10.3. The van der Waals surface area contributed by atoms with Gasteiger partial charge in [0.1, 0.15) is 11.5 Å². The number of rotatable bonds is 4. The molecule has 17 heavy (non-hydrogen) atoms. The minimum atomic E-state index is -0.153. The summed E-state index contributed by atoms with van der Waals surface area (Å²) in [5.41, 5.74) is 6.82. The molecule has 1 amide bonds. The Labute approximate surface area is 99.2 Å². The van der Waals surface area contributed by atoms with E-state index in [2.05, 4.69) is 5.32 Å². The van der Waals surface area contributed by atoms with Gasteiger partial charge < -0.3 is 20.0 Å². The summed E-state index contributed by atoms with van der Waals surface area (Å²) in [6.45, 7) is 3.05. The molecule has 0 saturated heterocycles. The Morgan fingerprint density at radius 3 is 3.06 bits per heavy atom. The zero-order valence-corrected chi connectivity index (χ0v) is 9.64. The van der Waals surface area contributed by atoms with Gasteiger partial charge in [0.25, 0.3) is 5.91 Å². The number of furan rings is 1. The van der Waals surface area contributed by atoms with E-state index < -0.39 is 0 Å².